The molecule has 0 atom stereocenters. The molecule has 0 fully saturated rings. The maximum absolute atomic E-state index is 11.2. The van der Waals surface area contributed by atoms with Gasteiger partial charge < -0.3 is 14.2 Å². The third-order valence-corrected chi connectivity index (χ3v) is 3.31. The predicted octanol–water partition coefficient (Wildman–Crippen LogP) is 2.07. The molecule has 0 bridgehead atoms. The van der Waals surface area contributed by atoms with Gasteiger partial charge in [-0.2, -0.15) is 0 Å². The molecule has 1 aromatic carbocycles. The van der Waals surface area contributed by atoms with Crippen LogP contribution in [0.5, 0.6) is 0 Å². The molecule has 0 radical (unpaired) electrons. The second-order valence-corrected chi connectivity index (χ2v) is 4.67. The van der Waals surface area contributed by atoms with E-state index in [1.165, 1.54) is 5.56 Å². The molecule has 4 nitrogen and oxygen atoms in total. The third kappa shape index (κ3) is 5.04. The Morgan fingerprint density at radius 3 is 1.70 bits per heavy atom. The van der Waals surface area contributed by atoms with Gasteiger partial charge in [-0.25, -0.2) is 0 Å². The molecule has 0 heterocycles. The zero-order valence-electron chi connectivity index (χ0n) is 12.6. The molecular weight excluding hydrogens is 256 g/mol. The molecule has 1 rings (SSSR count). The van der Waals surface area contributed by atoms with Crippen molar-refractivity contribution >= 4 is 6.29 Å². The van der Waals surface area contributed by atoms with Gasteiger partial charge in [-0.3, -0.25) is 4.79 Å². The van der Waals surface area contributed by atoms with Crippen LogP contribution in [0.1, 0.15) is 27.0 Å². The lowest BCUT2D eigenvalue weighted by atomic mass is 9.94. The Hall–Kier alpha value is -1.23. The van der Waals surface area contributed by atoms with Crippen LogP contribution < -0.4 is 0 Å². The first kappa shape index (κ1) is 16.8. The average molecular weight is 280 g/mol. The Kier molecular flexibility index (Phi) is 8.11. The molecule has 0 aliphatic carbocycles. The number of methoxy groups -OCH3 is 3. The monoisotopic (exact) mass is 280 g/mol. The van der Waals surface area contributed by atoms with Gasteiger partial charge in [-0.1, -0.05) is 6.07 Å². The number of rotatable bonds is 10. The highest BCUT2D eigenvalue weighted by Gasteiger charge is 2.10. The van der Waals surface area contributed by atoms with Crippen molar-refractivity contribution in [2.45, 2.75) is 19.3 Å². The normalized spacial score (nSPS) is 10.8. The largest absolute Gasteiger partial charge is 0.384 e. The van der Waals surface area contributed by atoms with E-state index in [0.717, 1.165) is 42.2 Å². The van der Waals surface area contributed by atoms with Crippen LogP contribution in [-0.4, -0.2) is 47.4 Å². The minimum Gasteiger partial charge on any atom is -0.384 e. The quantitative estimate of drug-likeness (QED) is 0.615. The lowest BCUT2D eigenvalue weighted by molar-refractivity contribution is 0.112. The second kappa shape index (κ2) is 9.64. The first-order valence-corrected chi connectivity index (χ1v) is 6.83. The van der Waals surface area contributed by atoms with Gasteiger partial charge in [0.1, 0.15) is 6.29 Å². The van der Waals surface area contributed by atoms with E-state index in [0.29, 0.717) is 19.8 Å². The summed E-state index contributed by atoms with van der Waals surface area (Å²) < 4.78 is 15.4. The van der Waals surface area contributed by atoms with E-state index in [4.69, 9.17) is 14.2 Å². The summed E-state index contributed by atoms with van der Waals surface area (Å²) in [6.45, 7) is 1.93. The van der Waals surface area contributed by atoms with Crippen LogP contribution in [-0.2, 0) is 33.5 Å². The first-order chi connectivity index (χ1) is 9.76. The van der Waals surface area contributed by atoms with Gasteiger partial charge in [0.05, 0.1) is 19.8 Å². The molecule has 112 valence electrons. The molecule has 20 heavy (non-hydrogen) atoms. The molecule has 0 aromatic heterocycles. The third-order valence-electron chi connectivity index (χ3n) is 3.31. The summed E-state index contributed by atoms with van der Waals surface area (Å²) in [5.41, 5.74) is 4.16. The van der Waals surface area contributed by atoms with E-state index >= 15 is 0 Å². The van der Waals surface area contributed by atoms with Crippen molar-refractivity contribution in [1.82, 2.24) is 0 Å². The predicted molar refractivity (Wildman–Crippen MR) is 78.6 cm³/mol. The molecule has 1 aromatic rings. The summed E-state index contributed by atoms with van der Waals surface area (Å²) in [6.07, 6.45) is 3.31. The van der Waals surface area contributed by atoms with Crippen molar-refractivity contribution in [3.8, 4) is 0 Å². The number of ether oxygens (including phenoxy) is 3. The van der Waals surface area contributed by atoms with Crippen molar-refractivity contribution in [3.63, 3.8) is 0 Å². The van der Waals surface area contributed by atoms with Gasteiger partial charge in [0.15, 0.2) is 0 Å². The maximum Gasteiger partial charge on any atom is 0.150 e. The summed E-state index contributed by atoms with van der Waals surface area (Å²) in [7, 11) is 5.04. The number of hydrogen-bond donors (Lipinski definition) is 0. The number of benzene rings is 1. The number of carbonyl (C=O) groups is 1. The highest BCUT2D eigenvalue weighted by atomic mass is 16.5. The fourth-order valence-corrected chi connectivity index (χ4v) is 2.19. The minimum absolute atomic E-state index is 0.613. The summed E-state index contributed by atoms with van der Waals surface area (Å²) in [5, 5.41) is 0. The van der Waals surface area contributed by atoms with E-state index in [2.05, 4.69) is 6.07 Å². The average Bonchev–Trinajstić information content (AvgIpc) is 2.48. The van der Waals surface area contributed by atoms with Crippen LogP contribution >= 0.6 is 0 Å². The number of hydrogen-bond acceptors (Lipinski definition) is 4. The molecular formula is C16H24O4. The van der Waals surface area contributed by atoms with E-state index in [9.17, 15) is 4.79 Å². The molecule has 0 saturated heterocycles. The Labute approximate surface area is 121 Å². The van der Waals surface area contributed by atoms with Crippen molar-refractivity contribution in [1.29, 1.82) is 0 Å². The molecule has 0 N–H and O–H groups in total. The van der Waals surface area contributed by atoms with Gasteiger partial charge in [0.25, 0.3) is 0 Å². The molecule has 0 aliphatic rings. The van der Waals surface area contributed by atoms with Gasteiger partial charge >= 0.3 is 0 Å². The smallest absolute Gasteiger partial charge is 0.150 e. The standard InChI is InChI=1S/C16H24O4/c1-18-7-4-13-10-15(6-9-20-3)16(12-17)11-14(13)5-8-19-2/h10-12H,4-9H2,1-3H3. The van der Waals surface area contributed by atoms with E-state index < -0.39 is 0 Å². The summed E-state index contributed by atoms with van der Waals surface area (Å²) >= 11 is 0. The summed E-state index contributed by atoms with van der Waals surface area (Å²) in [6, 6.07) is 4.08. The lowest BCUT2D eigenvalue weighted by Crippen LogP contribution is -2.07. The number of carbonyl (C=O) groups excluding carboxylic acids is 1. The van der Waals surface area contributed by atoms with Crippen molar-refractivity contribution in [2.75, 3.05) is 41.2 Å². The topological polar surface area (TPSA) is 44.8 Å². The fourth-order valence-electron chi connectivity index (χ4n) is 2.19. The molecule has 0 saturated carbocycles. The minimum atomic E-state index is 0.613. The zero-order valence-corrected chi connectivity index (χ0v) is 12.6. The van der Waals surface area contributed by atoms with Gasteiger partial charge in [0.2, 0.25) is 0 Å². The van der Waals surface area contributed by atoms with Crippen LogP contribution in [0.15, 0.2) is 12.1 Å². The Bertz CT molecular complexity index is 415. The van der Waals surface area contributed by atoms with Crippen LogP contribution in [0.2, 0.25) is 0 Å². The van der Waals surface area contributed by atoms with Crippen molar-refractivity contribution < 1.29 is 19.0 Å². The SMILES string of the molecule is COCCc1cc(CCOC)c(CCOC)cc1C=O. The van der Waals surface area contributed by atoms with Gasteiger partial charge in [-0.15, -0.1) is 0 Å². The Morgan fingerprint density at radius 1 is 0.800 bits per heavy atom. The molecule has 0 unspecified atom stereocenters. The highest BCUT2D eigenvalue weighted by molar-refractivity contribution is 5.78. The Balaban J connectivity index is 3.03. The summed E-state index contributed by atoms with van der Waals surface area (Å²) in [4.78, 5) is 11.2. The highest BCUT2D eigenvalue weighted by Crippen LogP contribution is 2.19. The van der Waals surface area contributed by atoms with E-state index in [1.807, 2.05) is 6.07 Å². The van der Waals surface area contributed by atoms with Crippen molar-refractivity contribution in [2.24, 2.45) is 0 Å². The molecule has 0 aliphatic heterocycles. The van der Waals surface area contributed by atoms with E-state index in [1.54, 1.807) is 21.3 Å². The zero-order chi connectivity index (χ0) is 14.8. The molecule has 0 spiro atoms. The van der Waals surface area contributed by atoms with Gasteiger partial charge in [0, 0.05) is 26.9 Å². The van der Waals surface area contributed by atoms with Crippen LogP contribution in [0, 0.1) is 0 Å². The summed E-state index contributed by atoms with van der Waals surface area (Å²) in [5.74, 6) is 0. The van der Waals surface area contributed by atoms with Crippen LogP contribution in [0.3, 0.4) is 0 Å². The molecule has 4 heteroatoms. The second-order valence-electron chi connectivity index (χ2n) is 4.67. The number of aldehydes is 1. The lowest BCUT2D eigenvalue weighted by Gasteiger charge is -2.14. The fraction of sp³-hybridized carbons (Fsp3) is 0.562. The van der Waals surface area contributed by atoms with Crippen LogP contribution in [0.25, 0.3) is 0 Å². The van der Waals surface area contributed by atoms with Crippen molar-refractivity contribution in [3.05, 3.63) is 34.4 Å². The van der Waals surface area contributed by atoms with Crippen LogP contribution in [0.4, 0.5) is 0 Å². The molecule has 0 amide bonds. The first-order valence-electron chi connectivity index (χ1n) is 6.83. The Morgan fingerprint density at radius 2 is 1.25 bits per heavy atom. The van der Waals surface area contributed by atoms with E-state index in [-0.39, 0.29) is 0 Å². The van der Waals surface area contributed by atoms with Gasteiger partial charge in [-0.05, 0) is 42.0 Å². The maximum atomic E-state index is 11.2.